The second kappa shape index (κ2) is 6.74. The molecule has 0 bridgehead atoms. The molecule has 0 aliphatic rings. The van der Waals surface area contributed by atoms with E-state index in [9.17, 15) is 9.36 Å². The Balaban J connectivity index is 3.88. The largest absolute Gasteiger partial charge is 0.478 e. The Kier molecular flexibility index (Phi) is 6.43. The van der Waals surface area contributed by atoms with E-state index in [-0.39, 0.29) is 18.8 Å². The first-order chi connectivity index (χ1) is 6.87. The van der Waals surface area contributed by atoms with Gasteiger partial charge < -0.3 is 19.6 Å². The van der Waals surface area contributed by atoms with Crippen molar-refractivity contribution >= 4 is 13.6 Å². The number of aliphatic carboxylic acids is 1. The van der Waals surface area contributed by atoms with Gasteiger partial charge in [-0.05, 0) is 6.42 Å². The van der Waals surface area contributed by atoms with Gasteiger partial charge in [-0.3, -0.25) is 4.57 Å². The van der Waals surface area contributed by atoms with Crippen molar-refractivity contribution in [1.82, 2.24) is 0 Å². The van der Waals surface area contributed by atoms with Crippen LogP contribution in [-0.4, -0.2) is 40.2 Å². The first-order valence-corrected chi connectivity index (χ1v) is 6.21. The second-order valence-corrected chi connectivity index (χ2v) is 4.66. The zero-order chi connectivity index (χ0) is 11.9. The molecule has 0 aromatic heterocycles. The van der Waals surface area contributed by atoms with Crippen molar-refractivity contribution < 1.29 is 29.0 Å². The van der Waals surface area contributed by atoms with Crippen LogP contribution in [0, 0.1) is 0 Å². The Hall–Kier alpha value is -0.680. The highest BCUT2D eigenvalue weighted by Crippen LogP contribution is 2.33. The summed E-state index contributed by atoms with van der Waals surface area (Å²) in [5.74, 6) is -1.08. The van der Waals surface area contributed by atoms with E-state index in [1.54, 1.807) is 6.92 Å². The molecule has 15 heavy (non-hydrogen) atoms. The van der Waals surface area contributed by atoms with E-state index >= 15 is 0 Å². The molecule has 0 spiro atoms. The molecule has 0 saturated heterocycles. The minimum absolute atomic E-state index is 0.100. The number of carboxylic acids is 1. The van der Waals surface area contributed by atoms with Gasteiger partial charge in [0.2, 0.25) is 0 Å². The molecule has 0 aromatic carbocycles. The predicted octanol–water partition coefficient (Wildman–Crippen LogP) is 0.602. The average molecular weight is 238 g/mol. The Morgan fingerprint density at radius 2 is 2.07 bits per heavy atom. The van der Waals surface area contributed by atoms with Crippen LogP contribution < -0.4 is 0 Å². The maximum atomic E-state index is 10.6. The molecular weight excluding hydrogens is 223 g/mol. The smallest absolute Gasteiger partial charge is 0.333 e. The van der Waals surface area contributed by atoms with E-state index in [2.05, 4.69) is 0 Å². The van der Waals surface area contributed by atoms with E-state index in [1.165, 1.54) is 6.08 Å². The lowest BCUT2D eigenvalue weighted by atomic mass is 10.2. The molecule has 0 aliphatic carbocycles. The number of carbonyl (C=O) groups is 1. The summed E-state index contributed by atoms with van der Waals surface area (Å²) in [5, 5.41) is 8.66. The highest BCUT2D eigenvalue weighted by molar-refractivity contribution is 7.51. The van der Waals surface area contributed by atoms with Gasteiger partial charge in [0, 0.05) is 0 Å². The van der Waals surface area contributed by atoms with Crippen LogP contribution in [0.4, 0.5) is 0 Å². The van der Waals surface area contributed by atoms with Gasteiger partial charge in [0.1, 0.15) is 0 Å². The third kappa shape index (κ3) is 8.32. The van der Waals surface area contributed by atoms with Crippen molar-refractivity contribution in [1.29, 1.82) is 0 Å². The molecule has 0 saturated carbocycles. The Morgan fingerprint density at radius 1 is 1.47 bits per heavy atom. The Bertz CT molecular complexity index is 279. The summed E-state index contributed by atoms with van der Waals surface area (Å²) in [6.07, 6.45) is 1.68. The molecule has 6 nitrogen and oxygen atoms in total. The van der Waals surface area contributed by atoms with Crippen molar-refractivity contribution in [2.45, 2.75) is 13.3 Å². The van der Waals surface area contributed by atoms with E-state index < -0.39 is 19.7 Å². The summed E-state index contributed by atoms with van der Waals surface area (Å²) < 4.78 is 15.3. The van der Waals surface area contributed by atoms with E-state index in [0.717, 1.165) is 0 Å². The maximum absolute atomic E-state index is 10.6. The molecule has 0 atom stereocenters. The summed E-state index contributed by atoms with van der Waals surface area (Å²) >= 11 is 0. The lowest BCUT2D eigenvalue weighted by Gasteiger charge is -2.06. The number of allylic oxidation sites excluding steroid dienone is 1. The SMILES string of the molecule is CCC=C(COCCP(=O)(O)O)C(=O)O. The summed E-state index contributed by atoms with van der Waals surface area (Å²) in [4.78, 5) is 27.6. The maximum Gasteiger partial charge on any atom is 0.333 e. The molecule has 3 N–H and O–H groups in total. The molecule has 0 amide bonds. The highest BCUT2D eigenvalue weighted by atomic mass is 31.2. The fraction of sp³-hybridized carbons (Fsp3) is 0.625. The van der Waals surface area contributed by atoms with Crippen LogP contribution in [0.25, 0.3) is 0 Å². The lowest BCUT2D eigenvalue weighted by molar-refractivity contribution is -0.133. The zero-order valence-electron chi connectivity index (χ0n) is 8.42. The minimum Gasteiger partial charge on any atom is -0.478 e. The van der Waals surface area contributed by atoms with Gasteiger partial charge in [-0.1, -0.05) is 13.0 Å². The van der Waals surface area contributed by atoms with Crippen molar-refractivity contribution in [3.05, 3.63) is 11.6 Å². The summed E-state index contributed by atoms with van der Waals surface area (Å²) in [7, 11) is -4.06. The van der Waals surface area contributed by atoms with Gasteiger partial charge in [0.25, 0.3) is 0 Å². The quantitative estimate of drug-likeness (QED) is 0.341. The molecule has 0 heterocycles. The Morgan fingerprint density at radius 3 is 2.47 bits per heavy atom. The van der Waals surface area contributed by atoms with Crippen molar-refractivity contribution in [2.24, 2.45) is 0 Å². The molecule has 7 heteroatoms. The van der Waals surface area contributed by atoms with Crippen LogP contribution in [0.5, 0.6) is 0 Å². The van der Waals surface area contributed by atoms with Crippen LogP contribution in [0.1, 0.15) is 13.3 Å². The predicted molar refractivity (Wildman–Crippen MR) is 53.7 cm³/mol. The second-order valence-electron chi connectivity index (χ2n) is 2.88. The van der Waals surface area contributed by atoms with Gasteiger partial charge in [-0.2, -0.15) is 0 Å². The van der Waals surface area contributed by atoms with E-state index in [0.29, 0.717) is 6.42 Å². The van der Waals surface area contributed by atoms with Gasteiger partial charge in [0.15, 0.2) is 0 Å². The average Bonchev–Trinajstić information content (AvgIpc) is 2.08. The standard InChI is InChI=1S/C8H15O6P/c1-2-3-7(8(9)10)6-14-4-5-15(11,12)13/h3H,2,4-6H2,1H3,(H,9,10)(H2,11,12,13). The van der Waals surface area contributed by atoms with Crippen molar-refractivity contribution in [3.63, 3.8) is 0 Å². The van der Waals surface area contributed by atoms with Gasteiger partial charge >= 0.3 is 13.6 Å². The highest BCUT2D eigenvalue weighted by Gasteiger charge is 2.13. The summed E-state index contributed by atoms with van der Waals surface area (Å²) in [6.45, 7) is 1.50. The molecule has 88 valence electrons. The van der Waals surface area contributed by atoms with Crippen LogP contribution in [0.2, 0.25) is 0 Å². The third-order valence-corrected chi connectivity index (χ3v) is 2.27. The van der Waals surface area contributed by atoms with Gasteiger partial charge in [-0.15, -0.1) is 0 Å². The third-order valence-electron chi connectivity index (χ3n) is 1.51. The minimum atomic E-state index is -4.06. The topological polar surface area (TPSA) is 104 Å². The number of carboxylic acid groups (broad SMARTS) is 1. The van der Waals surface area contributed by atoms with Crippen LogP contribution in [0.15, 0.2) is 11.6 Å². The van der Waals surface area contributed by atoms with Gasteiger partial charge in [0.05, 0.1) is 24.9 Å². The zero-order valence-corrected chi connectivity index (χ0v) is 9.31. The normalized spacial score (nSPS) is 12.9. The van der Waals surface area contributed by atoms with Crippen molar-refractivity contribution in [2.75, 3.05) is 19.4 Å². The Labute approximate surface area is 87.7 Å². The summed E-state index contributed by atoms with van der Waals surface area (Å²) in [6, 6.07) is 0. The first-order valence-electron chi connectivity index (χ1n) is 4.41. The summed E-state index contributed by atoms with van der Waals surface area (Å²) in [5.41, 5.74) is 0.100. The molecule has 0 rings (SSSR count). The fourth-order valence-electron chi connectivity index (χ4n) is 0.820. The van der Waals surface area contributed by atoms with Crippen LogP contribution in [-0.2, 0) is 14.1 Å². The lowest BCUT2D eigenvalue weighted by Crippen LogP contribution is -2.10. The first kappa shape index (κ1) is 14.3. The number of hydrogen-bond acceptors (Lipinski definition) is 3. The monoisotopic (exact) mass is 238 g/mol. The van der Waals surface area contributed by atoms with Crippen LogP contribution >= 0.6 is 7.60 Å². The molecule has 0 aliphatic heterocycles. The fourth-order valence-corrected chi connectivity index (χ4v) is 1.19. The number of ether oxygens (including phenoxy) is 1. The molecule has 0 unspecified atom stereocenters. The molecule has 0 radical (unpaired) electrons. The van der Waals surface area contributed by atoms with E-state index in [1.807, 2.05) is 0 Å². The van der Waals surface area contributed by atoms with Crippen LogP contribution in [0.3, 0.4) is 0 Å². The number of hydrogen-bond donors (Lipinski definition) is 3. The van der Waals surface area contributed by atoms with E-state index in [4.69, 9.17) is 19.6 Å². The molecule has 0 fully saturated rings. The molecule has 0 aromatic rings. The molecular formula is C8H15O6P. The number of rotatable bonds is 7. The van der Waals surface area contributed by atoms with Crippen molar-refractivity contribution in [3.8, 4) is 0 Å². The van der Waals surface area contributed by atoms with Gasteiger partial charge in [-0.25, -0.2) is 4.79 Å².